The van der Waals surface area contributed by atoms with E-state index in [-0.39, 0.29) is 5.75 Å². The zero-order chi connectivity index (χ0) is 13.8. The fourth-order valence-electron chi connectivity index (χ4n) is 1.24. The van der Waals surface area contributed by atoms with Crippen LogP contribution in [0.5, 0.6) is 5.75 Å². The van der Waals surface area contributed by atoms with Gasteiger partial charge in [0.05, 0.1) is 0 Å². The van der Waals surface area contributed by atoms with Crippen molar-refractivity contribution >= 4 is 28.4 Å². The van der Waals surface area contributed by atoms with Gasteiger partial charge >= 0.3 is 6.18 Å². The van der Waals surface area contributed by atoms with Crippen LogP contribution in [0.1, 0.15) is 6.42 Å². The summed E-state index contributed by atoms with van der Waals surface area (Å²) >= 11 is 10.5. The molecule has 0 spiro atoms. The largest absolute Gasteiger partial charge is 0.474 e. The van der Waals surface area contributed by atoms with Gasteiger partial charge < -0.3 is 4.74 Å². The van der Waals surface area contributed by atoms with Crippen molar-refractivity contribution in [2.45, 2.75) is 18.2 Å². The number of carbonyl (C=O) groups excluding carboxylic acids is 1. The molecular formula is C11H9Cl2F3O2. The third-order valence-electron chi connectivity index (χ3n) is 2.11. The highest BCUT2D eigenvalue weighted by molar-refractivity contribution is 6.63. The lowest BCUT2D eigenvalue weighted by Gasteiger charge is -2.24. The Morgan fingerprint density at radius 2 is 1.83 bits per heavy atom. The van der Waals surface area contributed by atoms with Crippen LogP contribution in [0.25, 0.3) is 0 Å². The molecule has 1 aromatic carbocycles. The van der Waals surface area contributed by atoms with Crippen LogP contribution >= 0.6 is 23.2 Å². The van der Waals surface area contributed by atoms with Crippen molar-refractivity contribution in [2.75, 3.05) is 0 Å². The van der Waals surface area contributed by atoms with Crippen molar-refractivity contribution < 1.29 is 22.7 Å². The molecule has 0 aromatic heterocycles. The van der Waals surface area contributed by atoms with Gasteiger partial charge in [-0.2, -0.15) is 13.2 Å². The zero-order valence-electron chi connectivity index (χ0n) is 8.95. The lowest BCUT2D eigenvalue weighted by atomic mass is 10.1. The SMILES string of the molecule is O=C(Cl)CC(C(Cl)Oc1ccccc1)C(F)(F)F. The summed E-state index contributed by atoms with van der Waals surface area (Å²) < 4.78 is 42.9. The smallest absolute Gasteiger partial charge is 0.397 e. The first kappa shape index (κ1) is 15.1. The van der Waals surface area contributed by atoms with E-state index in [2.05, 4.69) is 0 Å². The number of alkyl halides is 4. The van der Waals surface area contributed by atoms with Gasteiger partial charge in [-0.3, -0.25) is 4.79 Å². The van der Waals surface area contributed by atoms with Crippen LogP contribution in [0.2, 0.25) is 0 Å². The number of ether oxygens (including phenoxy) is 1. The first-order valence-corrected chi connectivity index (χ1v) is 5.73. The standard InChI is InChI=1S/C11H9Cl2F3O2/c12-9(17)6-8(11(14,15)16)10(13)18-7-4-2-1-3-5-7/h1-5,8,10H,6H2. The van der Waals surface area contributed by atoms with Crippen LogP contribution in [0.3, 0.4) is 0 Å². The predicted octanol–water partition coefficient (Wildman–Crippen LogP) is 3.96. The van der Waals surface area contributed by atoms with Crippen LogP contribution < -0.4 is 4.74 Å². The van der Waals surface area contributed by atoms with Crippen LogP contribution in [-0.4, -0.2) is 17.0 Å². The Kier molecular flexibility index (Phi) is 5.28. The molecule has 1 aromatic rings. The molecule has 18 heavy (non-hydrogen) atoms. The van der Waals surface area contributed by atoms with Crippen LogP contribution in [-0.2, 0) is 4.79 Å². The predicted molar refractivity (Wildman–Crippen MR) is 61.7 cm³/mol. The van der Waals surface area contributed by atoms with E-state index in [1.54, 1.807) is 18.2 Å². The summed E-state index contributed by atoms with van der Waals surface area (Å²) in [7, 11) is 0. The molecule has 0 saturated heterocycles. The summed E-state index contributed by atoms with van der Waals surface area (Å²) in [6, 6.07) is 7.79. The van der Waals surface area contributed by atoms with E-state index >= 15 is 0 Å². The van der Waals surface area contributed by atoms with Gasteiger partial charge in [0.15, 0.2) is 5.56 Å². The van der Waals surface area contributed by atoms with Gasteiger partial charge in [-0.15, -0.1) is 0 Å². The maximum absolute atomic E-state index is 12.7. The minimum Gasteiger partial charge on any atom is -0.474 e. The van der Waals surface area contributed by atoms with Crippen molar-refractivity contribution in [1.29, 1.82) is 0 Å². The number of benzene rings is 1. The van der Waals surface area contributed by atoms with Crippen molar-refractivity contribution in [1.82, 2.24) is 0 Å². The van der Waals surface area contributed by atoms with Crippen molar-refractivity contribution in [2.24, 2.45) is 5.92 Å². The van der Waals surface area contributed by atoms with Crippen molar-refractivity contribution in [3.05, 3.63) is 30.3 Å². The Hall–Kier alpha value is -0.940. The second-order valence-electron chi connectivity index (χ2n) is 3.49. The molecule has 0 N–H and O–H groups in total. The second kappa shape index (κ2) is 6.29. The lowest BCUT2D eigenvalue weighted by Crippen LogP contribution is -2.35. The number of para-hydroxylation sites is 1. The van der Waals surface area contributed by atoms with Crippen LogP contribution in [0, 0.1) is 5.92 Å². The molecule has 2 unspecified atom stereocenters. The van der Waals surface area contributed by atoms with E-state index in [0.29, 0.717) is 0 Å². The first-order chi connectivity index (χ1) is 8.30. The minimum absolute atomic E-state index is 0.189. The van der Waals surface area contributed by atoms with Gasteiger partial charge in [0, 0.05) is 6.42 Å². The normalized spacial score (nSPS) is 14.9. The first-order valence-electron chi connectivity index (χ1n) is 4.91. The molecule has 2 atom stereocenters. The van der Waals surface area contributed by atoms with Gasteiger partial charge in [0.25, 0.3) is 0 Å². The lowest BCUT2D eigenvalue weighted by molar-refractivity contribution is -0.188. The van der Waals surface area contributed by atoms with E-state index in [1.807, 2.05) is 0 Å². The van der Waals surface area contributed by atoms with E-state index < -0.39 is 29.3 Å². The Bertz CT molecular complexity index is 395. The molecule has 0 heterocycles. The summed E-state index contributed by atoms with van der Waals surface area (Å²) in [5.74, 6) is -1.96. The number of halogens is 5. The molecule has 0 amide bonds. The monoisotopic (exact) mass is 300 g/mol. The maximum atomic E-state index is 12.7. The fourth-order valence-corrected chi connectivity index (χ4v) is 1.74. The van der Waals surface area contributed by atoms with Crippen molar-refractivity contribution in [3.8, 4) is 5.75 Å². The highest BCUT2D eigenvalue weighted by atomic mass is 35.5. The van der Waals surface area contributed by atoms with Gasteiger partial charge in [-0.1, -0.05) is 29.8 Å². The second-order valence-corrected chi connectivity index (χ2v) is 4.34. The molecule has 100 valence electrons. The Morgan fingerprint density at radius 1 is 1.28 bits per heavy atom. The van der Waals surface area contributed by atoms with Gasteiger partial charge in [-0.25, -0.2) is 0 Å². The molecule has 1 rings (SSSR count). The molecule has 0 fully saturated rings. The Labute approximate surface area is 112 Å². The minimum atomic E-state index is -4.66. The molecule has 0 aliphatic heterocycles. The fraction of sp³-hybridized carbons (Fsp3) is 0.364. The summed E-state index contributed by atoms with van der Waals surface area (Å²) in [6.45, 7) is 0. The molecular weight excluding hydrogens is 292 g/mol. The number of rotatable bonds is 5. The van der Waals surface area contributed by atoms with Gasteiger partial charge in [0.2, 0.25) is 5.24 Å². The number of hydrogen-bond acceptors (Lipinski definition) is 2. The maximum Gasteiger partial charge on any atom is 0.397 e. The van der Waals surface area contributed by atoms with Gasteiger partial charge in [0.1, 0.15) is 11.7 Å². The molecule has 0 aliphatic rings. The molecule has 0 radical (unpaired) electrons. The zero-order valence-corrected chi connectivity index (χ0v) is 10.5. The third kappa shape index (κ3) is 4.74. The molecule has 2 nitrogen and oxygen atoms in total. The molecule has 0 saturated carbocycles. The summed E-state index contributed by atoms with van der Waals surface area (Å²) in [5.41, 5.74) is -1.71. The highest BCUT2D eigenvalue weighted by Crippen LogP contribution is 2.35. The summed E-state index contributed by atoms with van der Waals surface area (Å²) in [5, 5.41) is -1.11. The summed E-state index contributed by atoms with van der Waals surface area (Å²) in [4.78, 5) is 10.6. The van der Waals surface area contributed by atoms with E-state index in [0.717, 1.165) is 0 Å². The van der Waals surface area contributed by atoms with Gasteiger partial charge in [-0.05, 0) is 23.7 Å². The average Bonchev–Trinajstić information content (AvgIpc) is 2.25. The average molecular weight is 301 g/mol. The summed E-state index contributed by atoms with van der Waals surface area (Å²) in [6.07, 6.45) is -5.59. The number of hydrogen-bond donors (Lipinski definition) is 0. The molecule has 0 bridgehead atoms. The van der Waals surface area contributed by atoms with E-state index in [4.69, 9.17) is 27.9 Å². The topological polar surface area (TPSA) is 26.3 Å². The molecule has 7 heteroatoms. The Morgan fingerprint density at radius 3 is 2.28 bits per heavy atom. The van der Waals surface area contributed by atoms with Crippen LogP contribution in [0.4, 0.5) is 13.2 Å². The quantitative estimate of drug-likeness (QED) is 0.608. The molecule has 0 aliphatic carbocycles. The third-order valence-corrected chi connectivity index (χ3v) is 2.66. The van der Waals surface area contributed by atoms with Crippen molar-refractivity contribution in [3.63, 3.8) is 0 Å². The van der Waals surface area contributed by atoms with Crippen LogP contribution in [0.15, 0.2) is 30.3 Å². The van der Waals surface area contributed by atoms with E-state index in [1.165, 1.54) is 12.1 Å². The Balaban J connectivity index is 2.77. The highest BCUT2D eigenvalue weighted by Gasteiger charge is 2.46. The number of carbonyl (C=O) groups is 1. The van der Waals surface area contributed by atoms with E-state index in [9.17, 15) is 18.0 Å².